The first-order chi connectivity index (χ1) is 12.6. The number of nitrogens with one attached hydrogen (secondary N) is 1. The number of alkyl halides is 1. The van der Waals surface area contributed by atoms with Crippen LogP contribution in [0.1, 0.15) is 22.4 Å². The Morgan fingerprint density at radius 2 is 2.12 bits per heavy atom. The van der Waals surface area contributed by atoms with Gasteiger partial charge in [0.2, 0.25) is 0 Å². The average Bonchev–Trinajstić information content (AvgIpc) is 2.94. The van der Waals surface area contributed by atoms with Gasteiger partial charge in [0.15, 0.2) is 0 Å². The van der Waals surface area contributed by atoms with Gasteiger partial charge in [-0.25, -0.2) is 4.39 Å². The monoisotopic (exact) mass is 352 g/mol. The minimum absolute atomic E-state index is 0.0455. The maximum Gasteiger partial charge on any atom is 0.273 e. The summed E-state index contributed by atoms with van der Waals surface area (Å²) in [4.78, 5) is 18.8. The van der Waals surface area contributed by atoms with Crippen LogP contribution in [-0.4, -0.2) is 42.1 Å². The summed E-state index contributed by atoms with van der Waals surface area (Å²) in [6.07, 6.45) is 1.61. The molecule has 1 unspecified atom stereocenters. The Bertz CT molecular complexity index is 887. The Balaban J connectivity index is 1.61. The molecule has 1 aromatic heterocycles. The Labute approximate surface area is 150 Å². The Hall–Kier alpha value is -2.82. The molecule has 6 nitrogen and oxygen atoms in total. The number of hydrogen-bond acceptors (Lipinski definition) is 5. The van der Waals surface area contributed by atoms with Crippen LogP contribution in [0.3, 0.4) is 0 Å². The lowest BCUT2D eigenvalue weighted by molar-refractivity contribution is -0.124. The number of pyridine rings is 1. The average molecular weight is 352 g/mol. The van der Waals surface area contributed by atoms with Crippen LogP contribution in [0.4, 0.5) is 10.1 Å². The highest BCUT2D eigenvalue weighted by molar-refractivity contribution is 6.07. The van der Waals surface area contributed by atoms with E-state index in [4.69, 9.17) is 10.00 Å². The first kappa shape index (κ1) is 16.6. The fourth-order valence-electron chi connectivity index (χ4n) is 3.34. The van der Waals surface area contributed by atoms with Crippen molar-refractivity contribution in [2.24, 2.45) is 0 Å². The van der Waals surface area contributed by atoms with E-state index >= 15 is 4.39 Å². The molecule has 132 valence electrons. The normalized spacial score (nSPS) is 22.5. The lowest BCUT2D eigenvalue weighted by Crippen LogP contribution is -2.35. The number of nitriles is 1. The zero-order valence-corrected chi connectivity index (χ0v) is 14.0. The van der Waals surface area contributed by atoms with Gasteiger partial charge in [-0.15, -0.1) is 0 Å². The van der Waals surface area contributed by atoms with Crippen molar-refractivity contribution < 1.29 is 13.9 Å². The number of halogens is 1. The van der Waals surface area contributed by atoms with E-state index in [2.05, 4.69) is 15.2 Å². The third-order valence-corrected chi connectivity index (χ3v) is 4.77. The van der Waals surface area contributed by atoms with Gasteiger partial charge in [0.25, 0.3) is 11.6 Å². The molecule has 1 saturated heterocycles. The van der Waals surface area contributed by atoms with Crippen molar-refractivity contribution in [3.8, 4) is 6.07 Å². The molecule has 1 atom stereocenters. The second-order valence-corrected chi connectivity index (χ2v) is 6.42. The predicted octanol–water partition coefficient (Wildman–Crippen LogP) is 1.95. The fraction of sp³-hybridized carbons (Fsp3) is 0.316. The standard InChI is InChI=1S/C19H17FN4O2/c20-19(15-3-1-13(10-21)9-16(15)23-18(19)25)17-4-2-14(11-22-17)12-24-5-7-26-8-6-24/h1-4,9,11H,5-8,12H2,(H,23,25). The molecule has 1 aromatic carbocycles. The summed E-state index contributed by atoms with van der Waals surface area (Å²) >= 11 is 0. The van der Waals surface area contributed by atoms with Crippen molar-refractivity contribution in [1.29, 1.82) is 5.26 Å². The van der Waals surface area contributed by atoms with Crippen LogP contribution in [-0.2, 0) is 21.7 Å². The molecule has 7 heteroatoms. The van der Waals surface area contributed by atoms with Crippen LogP contribution in [0.25, 0.3) is 0 Å². The summed E-state index contributed by atoms with van der Waals surface area (Å²) in [5.41, 5.74) is -0.476. The number of morpholine rings is 1. The molecular weight excluding hydrogens is 335 g/mol. The van der Waals surface area contributed by atoms with Gasteiger partial charge in [-0.05, 0) is 23.8 Å². The van der Waals surface area contributed by atoms with Gasteiger partial charge in [-0.2, -0.15) is 5.26 Å². The van der Waals surface area contributed by atoms with E-state index in [-0.39, 0.29) is 11.3 Å². The number of fused-ring (bicyclic) bond motifs is 1. The SMILES string of the molecule is N#Cc1ccc2c(c1)NC(=O)C2(F)c1ccc(CN2CCOCC2)cn1. The van der Waals surface area contributed by atoms with Crippen LogP contribution < -0.4 is 5.32 Å². The molecule has 0 aliphatic carbocycles. The Morgan fingerprint density at radius 3 is 2.81 bits per heavy atom. The molecule has 26 heavy (non-hydrogen) atoms. The van der Waals surface area contributed by atoms with Crippen molar-refractivity contribution in [3.05, 3.63) is 58.9 Å². The number of carbonyl (C=O) groups is 1. The highest BCUT2D eigenvalue weighted by Gasteiger charge is 2.50. The molecule has 2 aliphatic heterocycles. The maximum absolute atomic E-state index is 15.7. The number of aromatic nitrogens is 1. The van der Waals surface area contributed by atoms with Crippen molar-refractivity contribution in [3.63, 3.8) is 0 Å². The topological polar surface area (TPSA) is 78.2 Å². The number of anilines is 1. The smallest absolute Gasteiger partial charge is 0.273 e. The molecule has 1 N–H and O–H groups in total. The second-order valence-electron chi connectivity index (χ2n) is 6.42. The summed E-state index contributed by atoms with van der Waals surface area (Å²) in [6, 6.07) is 9.78. The zero-order chi connectivity index (χ0) is 18.1. The largest absolute Gasteiger partial charge is 0.379 e. The van der Waals surface area contributed by atoms with Gasteiger partial charge >= 0.3 is 0 Å². The molecule has 0 spiro atoms. The Morgan fingerprint density at radius 1 is 1.31 bits per heavy atom. The van der Waals surface area contributed by atoms with Gasteiger partial charge in [0, 0.05) is 37.1 Å². The van der Waals surface area contributed by atoms with E-state index in [0.29, 0.717) is 31.0 Å². The summed E-state index contributed by atoms with van der Waals surface area (Å²) < 4.78 is 21.0. The number of ether oxygens (including phenoxy) is 1. The lowest BCUT2D eigenvalue weighted by Gasteiger charge is -2.26. The van der Waals surface area contributed by atoms with Crippen LogP contribution >= 0.6 is 0 Å². The predicted molar refractivity (Wildman–Crippen MR) is 92.0 cm³/mol. The van der Waals surface area contributed by atoms with Crippen molar-refractivity contribution in [1.82, 2.24) is 9.88 Å². The van der Waals surface area contributed by atoms with Gasteiger partial charge in [0.1, 0.15) is 0 Å². The minimum atomic E-state index is -2.35. The summed E-state index contributed by atoms with van der Waals surface area (Å²) in [7, 11) is 0. The number of carbonyl (C=O) groups excluding carboxylic acids is 1. The molecule has 4 rings (SSSR count). The van der Waals surface area contributed by atoms with Gasteiger partial charge < -0.3 is 10.1 Å². The molecule has 2 aliphatic rings. The third kappa shape index (κ3) is 2.73. The molecule has 3 heterocycles. The van der Waals surface area contributed by atoms with E-state index in [0.717, 1.165) is 18.7 Å². The molecule has 0 saturated carbocycles. The van der Waals surface area contributed by atoms with Crippen molar-refractivity contribution in [2.75, 3.05) is 31.6 Å². The van der Waals surface area contributed by atoms with E-state index in [1.165, 1.54) is 18.2 Å². The minimum Gasteiger partial charge on any atom is -0.379 e. The second kappa shape index (κ2) is 6.48. The van der Waals surface area contributed by atoms with Crippen LogP contribution in [0, 0.1) is 11.3 Å². The summed E-state index contributed by atoms with van der Waals surface area (Å²) in [6.45, 7) is 3.84. The fourth-order valence-corrected chi connectivity index (χ4v) is 3.34. The van der Waals surface area contributed by atoms with Gasteiger partial charge in [-0.3, -0.25) is 14.7 Å². The summed E-state index contributed by atoms with van der Waals surface area (Å²) in [5, 5.41) is 11.5. The summed E-state index contributed by atoms with van der Waals surface area (Å²) in [5.74, 6) is -0.781. The number of nitrogens with zero attached hydrogens (tertiary/aromatic N) is 3. The molecule has 1 amide bonds. The number of hydrogen-bond donors (Lipinski definition) is 1. The first-order valence-corrected chi connectivity index (χ1v) is 8.42. The molecule has 2 aromatic rings. The Kier molecular flexibility index (Phi) is 4.15. The molecule has 0 bridgehead atoms. The number of rotatable bonds is 3. The quantitative estimate of drug-likeness (QED) is 0.913. The van der Waals surface area contributed by atoms with E-state index in [9.17, 15) is 4.79 Å². The molecular formula is C19H17FN4O2. The molecule has 1 fully saturated rings. The van der Waals surface area contributed by atoms with Gasteiger partial charge in [0.05, 0.1) is 30.5 Å². The van der Waals surface area contributed by atoms with Crippen LogP contribution in [0.5, 0.6) is 0 Å². The number of benzene rings is 1. The molecule has 0 radical (unpaired) electrons. The first-order valence-electron chi connectivity index (χ1n) is 8.42. The van der Waals surface area contributed by atoms with Crippen LogP contribution in [0.2, 0.25) is 0 Å². The van der Waals surface area contributed by atoms with Crippen molar-refractivity contribution >= 4 is 11.6 Å². The zero-order valence-electron chi connectivity index (χ0n) is 14.0. The maximum atomic E-state index is 15.7. The van der Waals surface area contributed by atoms with Gasteiger partial charge in [-0.1, -0.05) is 12.1 Å². The van der Waals surface area contributed by atoms with Crippen molar-refractivity contribution in [2.45, 2.75) is 12.2 Å². The number of amides is 1. The van der Waals surface area contributed by atoms with E-state index in [1.807, 2.05) is 6.07 Å². The van der Waals surface area contributed by atoms with E-state index in [1.54, 1.807) is 18.3 Å². The van der Waals surface area contributed by atoms with E-state index < -0.39 is 11.6 Å². The third-order valence-electron chi connectivity index (χ3n) is 4.77. The van der Waals surface area contributed by atoms with Crippen LogP contribution in [0.15, 0.2) is 36.5 Å². The highest BCUT2D eigenvalue weighted by Crippen LogP contribution is 2.43. The highest BCUT2D eigenvalue weighted by atomic mass is 19.1. The lowest BCUT2D eigenvalue weighted by atomic mass is 9.92.